The number of hydrogen-bond acceptors (Lipinski definition) is 23. The number of rotatable bonds is 12. The van der Waals surface area contributed by atoms with Crippen LogP contribution in [-0.2, 0) is 14.1 Å². The number of tetrazole rings is 1. The number of anilines is 3. The Balaban J connectivity index is 0.000000136. The van der Waals surface area contributed by atoms with Gasteiger partial charge in [-0.05, 0) is 145 Å². The third kappa shape index (κ3) is 13.3. The van der Waals surface area contributed by atoms with E-state index in [1.54, 1.807) is 68.4 Å². The minimum absolute atomic E-state index is 0.0296. The SMILES string of the molecule is CN(C)C1CCN(c2ncc(-c3ccc(-c4cn[nH]c4)cc3O)nn2)C1.CNC1CCN(c2ncc(-c3ccc(-c4nnn(C)n4)cc3O)nn2)C1.Cn1ncc2cc(-c3ccc(-c4cnc(NC5CC(C)(C)NC(C)(C)C5)nn4)c(O)c3)ccc21. The maximum Gasteiger partial charge on any atom is 0.245 e. The lowest BCUT2D eigenvalue weighted by Gasteiger charge is -2.46. The van der Waals surface area contributed by atoms with E-state index in [9.17, 15) is 15.3 Å². The standard InChI is InChI=1S/C26H31N7O.C18H21N7O.C16H19N9O/c1-25(2)12-19(13-26(3,4)32-25)29-24-27-15-21(30-31-24)20-8-6-17(11-23(20)34)16-7-9-22-18(10-16)14-28-33(22)5;1-24(2)14-5-6-25(11-14)18-19-10-16(22-23-18)15-4-3-12(7-17(15)26)13-8-20-21-9-13;1-17-11-5-6-25(9-11)16-18-8-13(19-21-16)12-4-3-10(7-14(12)26)15-20-23-24(2)22-15/h6-11,14-15,19,32,34H,12-13H2,1-5H3,(H,27,29,31);3-4,7-10,14,26H,5-6,11H2,1-2H3,(H,20,21);3-4,7-8,11,17,26H,5-6,9H2,1-2H3. The molecule has 3 aliphatic heterocycles. The number of nitrogens with zero attached hydrogens (tertiary/aromatic N) is 19. The first kappa shape index (κ1) is 58.1. The van der Waals surface area contributed by atoms with Gasteiger partial charge in [0.15, 0.2) is 0 Å². The van der Waals surface area contributed by atoms with Gasteiger partial charge in [-0.25, -0.2) is 15.0 Å². The van der Waals surface area contributed by atoms with Crippen LogP contribution >= 0.6 is 0 Å². The van der Waals surface area contributed by atoms with Crippen molar-refractivity contribution in [2.75, 3.05) is 62.4 Å². The maximum atomic E-state index is 10.7. The van der Waals surface area contributed by atoms with E-state index >= 15 is 0 Å². The van der Waals surface area contributed by atoms with Gasteiger partial charge in [0.1, 0.15) is 34.3 Å². The largest absolute Gasteiger partial charge is 0.507 e. The fourth-order valence-electron chi connectivity index (χ4n) is 11.6. The highest BCUT2D eigenvalue weighted by molar-refractivity contribution is 5.85. The van der Waals surface area contributed by atoms with Crippen LogP contribution in [0.4, 0.5) is 17.8 Å². The number of aromatic nitrogens is 17. The van der Waals surface area contributed by atoms with Crippen LogP contribution in [0.25, 0.3) is 78.3 Å². The number of hydrogen-bond donors (Lipinski definition) is 7. The molecule has 4 aromatic carbocycles. The quantitative estimate of drug-likeness (QED) is 0.0684. The zero-order valence-electron chi connectivity index (χ0n) is 49.6. The van der Waals surface area contributed by atoms with Crippen molar-refractivity contribution in [1.29, 1.82) is 0 Å². The van der Waals surface area contributed by atoms with Crippen LogP contribution in [-0.4, -0.2) is 182 Å². The van der Waals surface area contributed by atoms with Gasteiger partial charge in [0.05, 0.1) is 43.5 Å². The molecule has 0 saturated carbocycles. The van der Waals surface area contributed by atoms with E-state index in [1.165, 1.54) is 4.80 Å². The van der Waals surface area contributed by atoms with Gasteiger partial charge in [-0.2, -0.15) is 15.0 Å². The van der Waals surface area contributed by atoms with E-state index in [0.29, 0.717) is 75.1 Å². The fraction of sp³-hybridized carbons (Fsp3) is 0.367. The molecule has 0 radical (unpaired) electrons. The lowest BCUT2D eigenvalue weighted by molar-refractivity contribution is 0.170. The molecular weight excluding hydrogens is 1090 g/mol. The summed E-state index contributed by atoms with van der Waals surface area (Å²) in [6.07, 6.45) is 14.4. The minimum Gasteiger partial charge on any atom is -0.507 e. The van der Waals surface area contributed by atoms with Crippen molar-refractivity contribution in [2.45, 2.75) is 82.6 Å². The average Bonchev–Trinajstić information content (AvgIpc) is 3.39. The zero-order chi connectivity index (χ0) is 60.3. The molecule has 9 heterocycles. The first-order valence-electron chi connectivity index (χ1n) is 28.5. The fourth-order valence-corrected chi connectivity index (χ4v) is 11.6. The van der Waals surface area contributed by atoms with E-state index in [4.69, 9.17) is 0 Å². The van der Waals surface area contributed by atoms with E-state index < -0.39 is 0 Å². The molecule has 2 atom stereocenters. The molecule has 86 heavy (non-hydrogen) atoms. The average molecular weight is 1160 g/mol. The maximum absolute atomic E-state index is 10.7. The van der Waals surface area contributed by atoms with Gasteiger partial charge in [-0.1, -0.05) is 24.3 Å². The molecule has 0 bridgehead atoms. The summed E-state index contributed by atoms with van der Waals surface area (Å²) >= 11 is 0. The summed E-state index contributed by atoms with van der Waals surface area (Å²) in [7, 11) is 9.75. The predicted molar refractivity (Wildman–Crippen MR) is 328 cm³/mol. The number of aromatic amines is 1. The van der Waals surface area contributed by atoms with Crippen LogP contribution in [0.5, 0.6) is 17.2 Å². The number of phenolic OH excluding ortho intramolecular Hbond substituents is 3. The highest BCUT2D eigenvalue weighted by Gasteiger charge is 2.38. The molecule has 10 aromatic rings. The molecule has 13 rings (SSSR count). The zero-order valence-corrected chi connectivity index (χ0v) is 49.6. The van der Waals surface area contributed by atoms with Crippen molar-refractivity contribution < 1.29 is 15.3 Å². The Morgan fingerprint density at radius 1 is 0.593 bits per heavy atom. The molecular formula is C60H71N23O3. The molecule has 26 nitrogen and oxygen atoms in total. The molecule has 0 aliphatic carbocycles. The number of aromatic hydroxyl groups is 3. The number of likely N-dealkylation sites (N-methyl/N-ethyl adjacent to an activating group) is 2. The summed E-state index contributed by atoms with van der Waals surface area (Å²) in [5.41, 5.74) is 8.87. The monoisotopic (exact) mass is 1160 g/mol. The first-order valence-corrected chi connectivity index (χ1v) is 28.5. The first-order chi connectivity index (χ1) is 41.3. The van der Waals surface area contributed by atoms with Crippen molar-refractivity contribution in [1.82, 2.24) is 101 Å². The summed E-state index contributed by atoms with van der Waals surface area (Å²) in [5, 5.41) is 91.4. The molecule has 26 heteroatoms. The van der Waals surface area contributed by atoms with Gasteiger partial charge in [-0.15, -0.1) is 40.8 Å². The van der Waals surface area contributed by atoms with Crippen molar-refractivity contribution in [3.63, 3.8) is 0 Å². The normalized spacial score (nSPS) is 17.3. The number of H-pyrrole nitrogens is 1. The topological polar surface area (TPSA) is 313 Å². The van der Waals surface area contributed by atoms with E-state index in [0.717, 1.165) is 85.0 Å². The van der Waals surface area contributed by atoms with E-state index in [2.05, 4.69) is 155 Å². The van der Waals surface area contributed by atoms with Crippen molar-refractivity contribution >= 4 is 28.7 Å². The lowest BCUT2D eigenvalue weighted by atomic mass is 9.80. The Morgan fingerprint density at radius 2 is 1.15 bits per heavy atom. The molecule has 0 amide bonds. The van der Waals surface area contributed by atoms with Gasteiger partial charge < -0.3 is 46.0 Å². The Morgan fingerprint density at radius 3 is 1.66 bits per heavy atom. The Kier molecular flexibility index (Phi) is 16.6. The van der Waals surface area contributed by atoms with Crippen LogP contribution in [0.3, 0.4) is 0 Å². The summed E-state index contributed by atoms with van der Waals surface area (Å²) < 4.78 is 1.84. The number of phenols is 3. The van der Waals surface area contributed by atoms with Crippen LogP contribution in [0.2, 0.25) is 0 Å². The van der Waals surface area contributed by atoms with Gasteiger partial charge >= 0.3 is 0 Å². The Labute approximate surface area is 497 Å². The predicted octanol–water partition coefficient (Wildman–Crippen LogP) is 6.53. The summed E-state index contributed by atoms with van der Waals surface area (Å²) in [4.78, 5) is 21.2. The smallest absolute Gasteiger partial charge is 0.245 e. The summed E-state index contributed by atoms with van der Waals surface area (Å²) in [6.45, 7) is 12.4. The van der Waals surface area contributed by atoms with Crippen LogP contribution in [0, 0.1) is 0 Å². The second-order valence-electron chi connectivity index (χ2n) is 23.5. The van der Waals surface area contributed by atoms with Gasteiger partial charge in [-0.3, -0.25) is 9.78 Å². The molecule has 0 spiro atoms. The third-order valence-electron chi connectivity index (χ3n) is 15.7. The van der Waals surface area contributed by atoms with Crippen LogP contribution < -0.4 is 25.8 Å². The van der Waals surface area contributed by atoms with Crippen LogP contribution in [0.15, 0.2) is 110 Å². The van der Waals surface area contributed by atoms with Gasteiger partial charge in [0.2, 0.25) is 23.7 Å². The highest BCUT2D eigenvalue weighted by atomic mass is 16.3. The molecule has 3 fully saturated rings. The Bertz CT molecular complexity index is 3910. The summed E-state index contributed by atoms with van der Waals surface area (Å²) in [6, 6.07) is 23.5. The van der Waals surface area contributed by atoms with Gasteiger partial charge in [0, 0.05) is 102 Å². The molecule has 2 unspecified atom stereocenters. The number of aryl methyl sites for hydroxylation is 2. The van der Waals surface area contributed by atoms with E-state index in [1.807, 2.05) is 61.4 Å². The van der Waals surface area contributed by atoms with Gasteiger partial charge in [0.25, 0.3) is 0 Å². The number of nitrogens with one attached hydrogen (secondary N) is 4. The van der Waals surface area contributed by atoms with Crippen molar-refractivity contribution in [2.24, 2.45) is 14.1 Å². The second kappa shape index (κ2) is 24.5. The number of fused-ring (bicyclic) bond motifs is 1. The highest BCUT2D eigenvalue weighted by Crippen LogP contribution is 2.36. The number of benzene rings is 4. The lowest BCUT2D eigenvalue weighted by Crippen LogP contribution is -2.60. The molecule has 3 aliphatic rings. The van der Waals surface area contributed by atoms with E-state index in [-0.39, 0.29) is 34.4 Å². The third-order valence-corrected chi connectivity index (χ3v) is 15.7. The van der Waals surface area contributed by atoms with Crippen molar-refractivity contribution in [3.8, 4) is 84.7 Å². The summed E-state index contributed by atoms with van der Waals surface area (Å²) in [5.74, 6) is 2.53. The van der Waals surface area contributed by atoms with Crippen LogP contribution in [0.1, 0.15) is 53.4 Å². The van der Waals surface area contributed by atoms with Crippen molar-refractivity contribution in [3.05, 3.63) is 110 Å². The number of piperidine rings is 1. The second-order valence-corrected chi connectivity index (χ2v) is 23.5. The molecule has 3 saturated heterocycles. The molecule has 444 valence electrons. The molecule has 7 N–H and O–H groups in total. The minimum atomic E-state index is 0.0296. The Hall–Kier alpha value is -9.66. The molecule has 6 aromatic heterocycles.